The van der Waals surface area contributed by atoms with Crippen molar-refractivity contribution in [2.75, 3.05) is 0 Å². The number of aromatic nitrogens is 3. The maximum absolute atomic E-state index is 6.58. The fourth-order valence-electron chi connectivity index (χ4n) is 8.05. The first-order valence-electron chi connectivity index (χ1n) is 16.8. The number of fused-ring (bicyclic) bond motifs is 6. The van der Waals surface area contributed by atoms with E-state index >= 15 is 0 Å². The Kier molecular flexibility index (Phi) is 6.56. The van der Waals surface area contributed by atoms with Crippen LogP contribution in [0.5, 0.6) is 0 Å². The number of hydrogen-bond donors (Lipinski definition) is 0. The first-order chi connectivity index (χ1) is 23.7. The molecule has 0 saturated heterocycles. The van der Waals surface area contributed by atoms with Gasteiger partial charge in [0.05, 0.1) is 0 Å². The summed E-state index contributed by atoms with van der Waals surface area (Å²) in [6.07, 6.45) is 0. The quantitative estimate of drug-likeness (QED) is 0.190. The molecule has 1 heterocycles. The smallest absolute Gasteiger partial charge is 0.208 e. The summed E-state index contributed by atoms with van der Waals surface area (Å²) >= 11 is 6.58. The van der Waals surface area contributed by atoms with Crippen LogP contribution in [0.1, 0.15) is 49.9 Å². The zero-order chi connectivity index (χ0) is 33.5. The Morgan fingerprint density at radius 1 is 0.367 bits per heavy atom. The molecule has 0 amide bonds. The highest BCUT2D eigenvalue weighted by Crippen LogP contribution is 2.51. The van der Waals surface area contributed by atoms with E-state index in [2.05, 4.69) is 141 Å². The predicted molar refractivity (Wildman–Crippen MR) is 202 cm³/mol. The second-order valence-electron chi connectivity index (χ2n) is 14.3. The van der Waals surface area contributed by atoms with E-state index in [4.69, 9.17) is 16.6 Å². The van der Waals surface area contributed by atoms with Crippen LogP contribution in [0.4, 0.5) is 0 Å². The minimum absolute atomic E-state index is 0.102. The summed E-state index contributed by atoms with van der Waals surface area (Å²) in [5.74, 6) is 1.10. The average Bonchev–Trinajstić information content (AvgIpc) is 3.50. The van der Waals surface area contributed by atoms with E-state index in [1.165, 1.54) is 44.5 Å². The van der Waals surface area contributed by atoms with Gasteiger partial charge < -0.3 is 0 Å². The normalized spacial score (nSPS) is 14.6. The summed E-state index contributed by atoms with van der Waals surface area (Å²) in [5, 5.41) is 0.171. The van der Waals surface area contributed by atoms with Crippen molar-refractivity contribution >= 4 is 11.6 Å². The van der Waals surface area contributed by atoms with Crippen LogP contribution in [0.2, 0.25) is 5.28 Å². The van der Waals surface area contributed by atoms with E-state index in [0.717, 1.165) is 33.4 Å². The van der Waals surface area contributed by atoms with E-state index in [0.29, 0.717) is 11.6 Å². The molecule has 0 unspecified atom stereocenters. The molecule has 49 heavy (non-hydrogen) atoms. The summed E-state index contributed by atoms with van der Waals surface area (Å²) in [5.41, 5.74) is 16.7. The second-order valence-corrected chi connectivity index (χ2v) is 14.6. The van der Waals surface area contributed by atoms with Gasteiger partial charge in [0.15, 0.2) is 11.6 Å². The Morgan fingerprint density at radius 2 is 0.796 bits per heavy atom. The van der Waals surface area contributed by atoms with Crippen LogP contribution in [0.25, 0.3) is 67.3 Å². The van der Waals surface area contributed by atoms with Crippen molar-refractivity contribution in [2.24, 2.45) is 0 Å². The van der Waals surface area contributed by atoms with E-state index in [1.807, 2.05) is 30.3 Å². The van der Waals surface area contributed by atoms with Gasteiger partial charge >= 0.3 is 0 Å². The maximum Gasteiger partial charge on any atom is 0.226 e. The summed E-state index contributed by atoms with van der Waals surface area (Å²) < 4.78 is 0. The van der Waals surface area contributed by atoms with Gasteiger partial charge in [0, 0.05) is 22.0 Å². The van der Waals surface area contributed by atoms with E-state index < -0.39 is 0 Å². The Hall–Kier alpha value is -5.38. The van der Waals surface area contributed by atoms with E-state index in [1.54, 1.807) is 0 Å². The maximum atomic E-state index is 6.58. The summed E-state index contributed by atoms with van der Waals surface area (Å²) in [6.45, 7) is 9.30. The lowest BCUT2D eigenvalue weighted by molar-refractivity contribution is 0.660. The first-order valence-corrected chi connectivity index (χ1v) is 17.2. The molecule has 236 valence electrons. The van der Waals surface area contributed by atoms with Gasteiger partial charge in [-0.15, -0.1) is 0 Å². The molecule has 9 rings (SSSR count). The number of rotatable bonds is 4. The Labute approximate surface area is 292 Å². The molecular weight excluding hydrogens is 618 g/mol. The van der Waals surface area contributed by atoms with Crippen molar-refractivity contribution in [1.82, 2.24) is 15.0 Å². The van der Waals surface area contributed by atoms with Gasteiger partial charge in [-0.05, 0) is 109 Å². The zero-order valence-electron chi connectivity index (χ0n) is 27.9. The van der Waals surface area contributed by atoms with Crippen LogP contribution >= 0.6 is 11.6 Å². The number of hydrogen-bond acceptors (Lipinski definition) is 3. The molecule has 0 bridgehead atoms. The molecule has 4 heteroatoms. The Bertz CT molecular complexity index is 2330. The van der Waals surface area contributed by atoms with Crippen LogP contribution < -0.4 is 0 Å². The molecule has 2 aliphatic carbocycles. The van der Waals surface area contributed by atoms with Gasteiger partial charge in [-0.25, -0.2) is 4.98 Å². The first kappa shape index (κ1) is 29.7. The van der Waals surface area contributed by atoms with Crippen molar-refractivity contribution in [2.45, 2.75) is 38.5 Å². The number of nitrogens with zero attached hydrogens (tertiary/aromatic N) is 3. The molecule has 2 aliphatic rings. The summed E-state index contributed by atoms with van der Waals surface area (Å²) in [7, 11) is 0. The topological polar surface area (TPSA) is 38.7 Å². The molecule has 6 aromatic carbocycles. The van der Waals surface area contributed by atoms with Gasteiger partial charge in [-0.3, -0.25) is 0 Å². The highest BCUT2D eigenvalue weighted by molar-refractivity contribution is 6.28. The molecule has 0 spiro atoms. The number of benzene rings is 6. The van der Waals surface area contributed by atoms with Gasteiger partial charge in [0.25, 0.3) is 0 Å². The highest BCUT2D eigenvalue weighted by atomic mass is 35.5. The molecular formula is C45H34ClN3. The minimum Gasteiger partial charge on any atom is -0.208 e. The monoisotopic (exact) mass is 651 g/mol. The lowest BCUT2D eigenvalue weighted by atomic mass is 9.81. The molecule has 0 atom stereocenters. The number of halogens is 1. The fourth-order valence-corrected chi connectivity index (χ4v) is 8.21. The third-order valence-corrected chi connectivity index (χ3v) is 10.8. The summed E-state index contributed by atoms with van der Waals surface area (Å²) in [6, 6.07) is 48.0. The van der Waals surface area contributed by atoms with Gasteiger partial charge in [0.1, 0.15) is 0 Å². The molecule has 0 N–H and O–H groups in total. The largest absolute Gasteiger partial charge is 0.226 e. The molecule has 7 aromatic rings. The molecule has 3 nitrogen and oxygen atoms in total. The Balaban J connectivity index is 1.24. The van der Waals surface area contributed by atoms with Crippen molar-refractivity contribution in [3.63, 3.8) is 0 Å². The van der Waals surface area contributed by atoms with Crippen LogP contribution in [-0.2, 0) is 10.8 Å². The van der Waals surface area contributed by atoms with Crippen molar-refractivity contribution in [3.8, 4) is 67.3 Å². The van der Waals surface area contributed by atoms with Crippen LogP contribution in [0, 0.1) is 0 Å². The second kappa shape index (κ2) is 10.8. The fraction of sp³-hybridized carbons (Fsp3) is 0.133. The molecule has 0 saturated carbocycles. The van der Waals surface area contributed by atoms with E-state index in [9.17, 15) is 0 Å². The molecule has 0 radical (unpaired) electrons. The van der Waals surface area contributed by atoms with Crippen molar-refractivity contribution in [3.05, 3.63) is 161 Å². The molecule has 1 aromatic heterocycles. The predicted octanol–water partition coefficient (Wildman–Crippen LogP) is 11.8. The third kappa shape index (κ3) is 4.68. The van der Waals surface area contributed by atoms with Crippen LogP contribution in [-0.4, -0.2) is 15.0 Å². The minimum atomic E-state index is -0.102. The highest BCUT2D eigenvalue weighted by Gasteiger charge is 2.36. The standard InChI is InChI=1S/C45H34ClN3/c1-44(2)37-16-10-8-14-33(37)35-20-18-28(25-39(35)44)30-22-31(29-19-21-36-34-15-9-11-17-38(34)45(3,4)40(36)26-29)24-32(23-30)42-47-41(48-43(46)49-42)27-12-6-5-7-13-27/h5-26H,1-4H3. The van der Waals surface area contributed by atoms with Gasteiger partial charge in [0.2, 0.25) is 5.28 Å². The van der Waals surface area contributed by atoms with E-state index in [-0.39, 0.29) is 16.1 Å². The van der Waals surface area contributed by atoms with Crippen molar-refractivity contribution in [1.29, 1.82) is 0 Å². The molecule has 0 aliphatic heterocycles. The van der Waals surface area contributed by atoms with Gasteiger partial charge in [-0.1, -0.05) is 131 Å². The van der Waals surface area contributed by atoms with Gasteiger partial charge in [-0.2, -0.15) is 9.97 Å². The average molecular weight is 652 g/mol. The van der Waals surface area contributed by atoms with Crippen LogP contribution in [0.3, 0.4) is 0 Å². The third-order valence-electron chi connectivity index (χ3n) is 10.7. The summed E-state index contributed by atoms with van der Waals surface area (Å²) in [4.78, 5) is 14.1. The van der Waals surface area contributed by atoms with Crippen LogP contribution in [0.15, 0.2) is 133 Å². The lowest BCUT2D eigenvalue weighted by Crippen LogP contribution is -2.15. The Morgan fingerprint density at radius 3 is 1.33 bits per heavy atom. The lowest BCUT2D eigenvalue weighted by Gasteiger charge is -2.22. The zero-order valence-corrected chi connectivity index (χ0v) is 28.7. The molecule has 0 fully saturated rings. The SMILES string of the molecule is CC1(C)c2ccccc2-c2ccc(-c3cc(-c4ccc5c(c4)C(C)(C)c4ccccc4-5)cc(-c4nc(Cl)nc(-c5ccccc5)n4)c3)cc21. The van der Waals surface area contributed by atoms with Crippen molar-refractivity contribution < 1.29 is 0 Å².